The minimum atomic E-state index is 0.162. The third-order valence-corrected chi connectivity index (χ3v) is 3.74. The van der Waals surface area contributed by atoms with E-state index in [1.54, 1.807) is 12.1 Å². The van der Waals surface area contributed by atoms with Crippen molar-refractivity contribution in [2.45, 2.75) is 0 Å². The van der Waals surface area contributed by atoms with Gasteiger partial charge >= 0.3 is 0 Å². The van der Waals surface area contributed by atoms with Gasteiger partial charge in [-0.3, -0.25) is 0 Å². The Morgan fingerprint density at radius 2 is 1.43 bits per heavy atom. The second-order valence-corrected chi connectivity index (χ2v) is 5.29. The quantitative estimate of drug-likeness (QED) is 0.496. The molecule has 0 aliphatic carbocycles. The number of phenolic OH excluding ortho intramolecular Hbond substituents is 1. The number of nitrogens with two attached hydrogens (primary N) is 2. The van der Waals surface area contributed by atoms with Crippen molar-refractivity contribution in [1.29, 1.82) is 0 Å². The highest BCUT2D eigenvalue weighted by Gasteiger charge is 2.13. The number of benzene rings is 3. The van der Waals surface area contributed by atoms with Crippen LogP contribution in [0.1, 0.15) is 11.1 Å². The lowest BCUT2D eigenvalue weighted by Crippen LogP contribution is -1.99. The van der Waals surface area contributed by atoms with E-state index in [4.69, 9.17) is 11.5 Å². The molecule has 3 heteroatoms. The van der Waals surface area contributed by atoms with E-state index >= 15 is 0 Å². The molecule has 3 aromatic carbocycles. The smallest absolute Gasteiger partial charge is 0.123 e. The van der Waals surface area contributed by atoms with Crippen LogP contribution in [-0.4, -0.2) is 5.11 Å². The molecule has 0 aliphatic rings. The minimum Gasteiger partial charge on any atom is -0.507 e. The molecule has 114 valence electrons. The van der Waals surface area contributed by atoms with Gasteiger partial charge in [0.15, 0.2) is 0 Å². The first-order chi connectivity index (χ1) is 11.2. The summed E-state index contributed by atoms with van der Waals surface area (Å²) in [5.41, 5.74) is 16.7. The molecular weight excluding hydrogens is 284 g/mol. The highest BCUT2D eigenvalue weighted by atomic mass is 16.3. The van der Waals surface area contributed by atoms with Gasteiger partial charge in [-0.05, 0) is 23.3 Å². The number of anilines is 2. The standard InChI is InChI=1S/C20H18N2O/c21-17-13-12-15(11-10-14-6-2-1-3-7-14)20(22)19(17)16-8-4-5-9-18(16)23/h1-13,23H,21-22H2. The first-order valence-corrected chi connectivity index (χ1v) is 7.36. The van der Waals surface area contributed by atoms with Crippen LogP contribution in [0.2, 0.25) is 0 Å². The van der Waals surface area contributed by atoms with Gasteiger partial charge in [-0.2, -0.15) is 0 Å². The lowest BCUT2D eigenvalue weighted by molar-refractivity contribution is 0.477. The summed E-state index contributed by atoms with van der Waals surface area (Å²) >= 11 is 0. The van der Waals surface area contributed by atoms with Gasteiger partial charge in [0.25, 0.3) is 0 Å². The van der Waals surface area contributed by atoms with Gasteiger partial charge in [-0.25, -0.2) is 0 Å². The van der Waals surface area contributed by atoms with Crippen LogP contribution in [-0.2, 0) is 0 Å². The van der Waals surface area contributed by atoms with Crippen molar-refractivity contribution in [3.05, 3.63) is 77.9 Å². The Bertz CT molecular complexity index is 855. The molecule has 23 heavy (non-hydrogen) atoms. The number of rotatable bonds is 3. The van der Waals surface area contributed by atoms with Gasteiger partial charge in [0, 0.05) is 22.5 Å². The summed E-state index contributed by atoms with van der Waals surface area (Å²) in [4.78, 5) is 0. The summed E-state index contributed by atoms with van der Waals surface area (Å²) in [5.74, 6) is 0.162. The summed E-state index contributed by atoms with van der Waals surface area (Å²) < 4.78 is 0. The molecule has 0 unspecified atom stereocenters. The Labute approximate surface area is 135 Å². The molecule has 0 saturated heterocycles. The highest BCUT2D eigenvalue weighted by molar-refractivity contribution is 5.94. The topological polar surface area (TPSA) is 72.3 Å². The Hall–Kier alpha value is -3.20. The fraction of sp³-hybridized carbons (Fsp3) is 0. The van der Waals surface area contributed by atoms with Crippen molar-refractivity contribution in [3.63, 3.8) is 0 Å². The largest absolute Gasteiger partial charge is 0.507 e. The third kappa shape index (κ3) is 3.04. The fourth-order valence-corrected chi connectivity index (χ4v) is 2.53. The van der Waals surface area contributed by atoms with Crippen LogP contribution in [0.25, 0.3) is 23.3 Å². The first-order valence-electron chi connectivity index (χ1n) is 7.36. The van der Waals surface area contributed by atoms with E-state index in [9.17, 15) is 5.11 Å². The Morgan fingerprint density at radius 3 is 2.17 bits per heavy atom. The van der Waals surface area contributed by atoms with E-state index in [-0.39, 0.29) is 5.75 Å². The Kier molecular flexibility index (Phi) is 4.02. The molecule has 0 atom stereocenters. The second kappa shape index (κ2) is 6.28. The van der Waals surface area contributed by atoms with Gasteiger partial charge in [-0.15, -0.1) is 0 Å². The van der Waals surface area contributed by atoms with Crippen molar-refractivity contribution in [3.8, 4) is 16.9 Å². The number of aromatic hydroxyl groups is 1. The van der Waals surface area contributed by atoms with Gasteiger partial charge < -0.3 is 16.6 Å². The maximum absolute atomic E-state index is 10.1. The van der Waals surface area contributed by atoms with Gasteiger partial charge in [0.05, 0.1) is 0 Å². The molecule has 0 aromatic heterocycles. The van der Waals surface area contributed by atoms with Gasteiger partial charge in [0.2, 0.25) is 0 Å². The van der Waals surface area contributed by atoms with E-state index in [1.165, 1.54) is 0 Å². The molecule has 0 amide bonds. The Morgan fingerprint density at radius 1 is 0.739 bits per heavy atom. The maximum Gasteiger partial charge on any atom is 0.123 e. The van der Waals surface area contributed by atoms with Crippen LogP contribution < -0.4 is 11.5 Å². The van der Waals surface area contributed by atoms with Crippen LogP contribution in [0.5, 0.6) is 5.75 Å². The van der Waals surface area contributed by atoms with Crippen LogP contribution >= 0.6 is 0 Å². The van der Waals surface area contributed by atoms with Crippen molar-refractivity contribution < 1.29 is 5.11 Å². The normalized spacial score (nSPS) is 11.0. The number of para-hydroxylation sites is 1. The molecule has 0 bridgehead atoms. The molecule has 0 heterocycles. The lowest BCUT2D eigenvalue weighted by atomic mass is 9.97. The molecule has 5 N–H and O–H groups in total. The van der Waals surface area contributed by atoms with E-state index in [0.29, 0.717) is 22.5 Å². The highest BCUT2D eigenvalue weighted by Crippen LogP contribution is 2.39. The molecule has 0 saturated carbocycles. The fourth-order valence-electron chi connectivity index (χ4n) is 2.53. The number of nitrogen functional groups attached to an aromatic ring is 2. The SMILES string of the molecule is Nc1ccc(C=Cc2ccccc2)c(N)c1-c1ccccc1O. The predicted octanol–water partition coefficient (Wildman–Crippen LogP) is 4.39. The van der Waals surface area contributed by atoms with E-state index < -0.39 is 0 Å². The predicted molar refractivity (Wildman–Crippen MR) is 97.7 cm³/mol. The lowest BCUT2D eigenvalue weighted by Gasteiger charge is -2.13. The van der Waals surface area contributed by atoms with Crippen molar-refractivity contribution in [2.24, 2.45) is 0 Å². The summed E-state index contributed by atoms with van der Waals surface area (Å²) in [6.45, 7) is 0. The average molecular weight is 302 g/mol. The maximum atomic E-state index is 10.1. The van der Waals surface area contributed by atoms with Gasteiger partial charge in [-0.1, -0.05) is 66.7 Å². The summed E-state index contributed by atoms with van der Waals surface area (Å²) in [5, 5.41) is 10.1. The molecule has 3 aromatic rings. The van der Waals surface area contributed by atoms with Crippen LogP contribution in [0.15, 0.2) is 66.7 Å². The molecule has 3 rings (SSSR count). The molecule has 0 aliphatic heterocycles. The summed E-state index contributed by atoms with van der Waals surface area (Å²) in [6.07, 6.45) is 3.95. The summed E-state index contributed by atoms with van der Waals surface area (Å²) in [6, 6.07) is 20.7. The van der Waals surface area contributed by atoms with E-state index in [0.717, 1.165) is 11.1 Å². The number of phenols is 1. The van der Waals surface area contributed by atoms with Crippen LogP contribution in [0.4, 0.5) is 11.4 Å². The number of hydrogen-bond donors (Lipinski definition) is 3. The van der Waals surface area contributed by atoms with Crippen molar-refractivity contribution in [1.82, 2.24) is 0 Å². The van der Waals surface area contributed by atoms with Crippen LogP contribution in [0.3, 0.4) is 0 Å². The first kappa shape index (κ1) is 14.7. The summed E-state index contributed by atoms with van der Waals surface area (Å²) in [7, 11) is 0. The zero-order valence-corrected chi connectivity index (χ0v) is 12.6. The average Bonchev–Trinajstić information content (AvgIpc) is 2.57. The zero-order valence-electron chi connectivity index (χ0n) is 12.6. The monoisotopic (exact) mass is 302 g/mol. The minimum absolute atomic E-state index is 0.162. The Balaban J connectivity index is 2.06. The molecule has 0 radical (unpaired) electrons. The molecule has 3 nitrogen and oxygen atoms in total. The van der Waals surface area contributed by atoms with Gasteiger partial charge in [0.1, 0.15) is 5.75 Å². The number of hydrogen-bond acceptors (Lipinski definition) is 3. The van der Waals surface area contributed by atoms with Crippen molar-refractivity contribution >= 4 is 23.5 Å². The second-order valence-electron chi connectivity index (χ2n) is 5.29. The molecular formula is C20H18N2O. The van der Waals surface area contributed by atoms with E-state index in [2.05, 4.69) is 0 Å². The zero-order chi connectivity index (χ0) is 16.2. The van der Waals surface area contributed by atoms with E-state index in [1.807, 2.05) is 66.7 Å². The van der Waals surface area contributed by atoms with Crippen LogP contribution in [0, 0.1) is 0 Å². The molecule has 0 fully saturated rings. The third-order valence-electron chi connectivity index (χ3n) is 3.74. The van der Waals surface area contributed by atoms with Crippen molar-refractivity contribution in [2.75, 3.05) is 11.5 Å². The molecule has 0 spiro atoms.